The van der Waals surface area contributed by atoms with Crippen LogP contribution in [0.3, 0.4) is 0 Å². The second-order valence-corrected chi connectivity index (χ2v) is 8.58. The summed E-state index contributed by atoms with van der Waals surface area (Å²) in [4.78, 5) is 15.0. The standard InChI is InChI=1S/C18H9F17N2O2S/c1-2-39-6-3-4-7-8(5-6)40-10(36-7)37-9(38)11(19,20)12(21,22)13(23,24)14(25,26)15(27,28)16(29,30)17(31,32)18(33,34)35/h3-5H,2H2,1H3,(H,36,37,38). The second kappa shape index (κ2) is 9.64. The van der Waals surface area contributed by atoms with Gasteiger partial charge in [-0.25, -0.2) is 4.98 Å². The molecule has 0 aliphatic rings. The molecular formula is C18H9F17N2O2S. The molecule has 40 heavy (non-hydrogen) atoms. The SMILES string of the molecule is CCOc1ccc2nc(NC(=O)C(F)(F)C(F)(F)C(F)(F)C(F)(F)C(F)(F)C(F)(F)C(F)(F)C(F)(F)F)sc2c1. The summed E-state index contributed by atoms with van der Waals surface area (Å²) < 4.78 is 232. The van der Waals surface area contributed by atoms with E-state index in [9.17, 15) is 79.4 Å². The van der Waals surface area contributed by atoms with E-state index in [0.717, 1.165) is 17.4 Å². The number of fused-ring (bicyclic) bond motifs is 1. The number of alkyl halides is 17. The summed E-state index contributed by atoms with van der Waals surface area (Å²) in [6.07, 6.45) is -7.85. The number of nitrogens with zero attached hydrogens (tertiary/aromatic N) is 1. The van der Waals surface area contributed by atoms with Crippen molar-refractivity contribution in [1.29, 1.82) is 0 Å². The molecule has 2 aromatic rings. The van der Waals surface area contributed by atoms with Crippen molar-refractivity contribution in [2.24, 2.45) is 0 Å². The Labute approximate surface area is 213 Å². The van der Waals surface area contributed by atoms with Gasteiger partial charge in [0.1, 0.15) is 5.75 Å². The van der Waals surface area contributed by atoms with Gasteiger partial charge in [-0.3, -0.25) is 10.1 Å². The fourth-order valence-electron chi connectivity index (χ4n) is 2.70. The van der Waals surface area contributed by atoms with E-state index in [2.05, 4.69) is 4.98 Å². The Hall–Kier alpha value is -2.81. The largest absolute Gasteiger partial charge is 0.494 e. The van der Waals surface area contributed by atoms with Crippen molar-refractivity contribution in [3.05, 3.63) is 18.2 Å². The number of hydrogen-bond acceptors (Lipinski definition) is 4. The van der Waals surface area contributed by atoms with E-state index in [1.54, 1.807) is 0 Å². The molecule has 1 N–H and O–H groups in total. The summed E-state index contributed by atoms with van der Waals surface area (Å²) in [6, 6.07) is 3.47. The second-order valence-electron chi connectivity index (χ2n) is 7.55. The maximum absolute atomic E-state index is 14.1. The van der Waals surface area contributed by atoms with Gasteiger partial charge in [0.15, 0.2) is 5.13 Å². The highest BCUT2D eigenvalue weighted by molar-refractivity contribution is 7.22. The quantitative estimate of drug-likeness (QED) is 0.272. The first-order chi connectivity index (χ1) is 17.6. The third-order valence-electron chi connectivity index (χ3n) is 4.90. The van der Waals surface area contributed by atoms with Gasteiger partial charge in [-0.2, -0.15) is 74.6 Å². The van der Waals surface area contributed by atoms with Gasteiger partial charge in [-0.15, -0.1) is 0 Å². The van der Waals surface area contributed by atoms with Crippen LogP contribution in [0.1, 0.15) is 6.92 Å². The fraction of sp³-hybridized carbons (Fsp3) is 0.556. The third kappa shape index (κ3) is 4.64. The Bertz CT molecular complexity index is 1250. The highest BCUT2D eigenvalue weighted by Crippen LogP contribution is 2.64. The first-order valence-corrected chi connectivity index (χ1v) is 10.5. The number of halogens is 17. The molecule has 0 radical (unpaired) electrons. The summed E-state index contributed by atoms with van der Waals surface area (Å²) in [6.45, 7) is 1.63. The molecule has 0 unspecified atom stereocenters. The first-order valence-electron chi connectivity index (χ1n) is 9.71. The average molecular weight is 640 g/mol. The van der Waals surface area contributed by atoms with E-state index in [-0.39, 0.29) is 33.9 Å². The van der Waals surface area contributed by atoms with Gasteiger partial charge in [-0.05, 0) is 25.1 Å². The van der Waals surface area contributed by atoms with Crippen LogP contribution in [0.15, 0.2) is 18.2 Å². The number of amides is 1. The van der Waals surface area contributed by atoms with Crippen molar-refractivity contribution in [2.45, 2.75) is 54.6 Å². The lowest BCUT2D eigenvalue weighted by Gasteiger charge is -2.42. The van der Waals surface area contributed by atoms with Gasteiger partial charge in [0, 0.05) is 0 Å². The Kier molecular flexibility index (Phi) is 8.05. The molecule has 2 rings (SSSR count). The molecule has 0 saturated heterocycles. The minimum atomic E-state index is -8.77. The zero-order valence-corrected chi connectivity index (χ0v) is 19.4. The highest BCUT2D eigenvalue weighted by Gasteiger charge is 2.95. The third-order valence-corrected chi connectivity index (χ3v) is 5.83. The number of rotatable bonds is 10. The maximum Gasteiger partial charge on any atom is 0.460 e. The number of carbonyl (C=O) groups is 1. The van der Waals surface area contributed by atoms with Crippen molar-refractivity contribution in [1.82, 2.24) is 4.98 Å². The van der Waals surface area contributed by atoms with E-state index >= 15 is 0 Å². The van der Waals surface area contributed by atoms with Gasteiger partial charge < -0.3 is 4.74 Å². The van der Waals surface area contributed by atoms with Gasteiger partial charge >= 0.3 is 53.5 Å². The fourth-order valence-corrected chi connectivity index (χ4v) is 3.59. The first kappa shape index (κ1) is 33.4. The van der Waals surface area contributed by atoms with Gasteiger partial charge in [-0.1, -0.05) is 11.3 Å². The van der Waals surface area contributed by atoms with Crippen molar-refractivity contribution >= 4 is 32.6 Å². The Morgan fingerprint density at radius 1 is 0.750 bits per heavy atom. The van der Waals surface area contributed by atoms with Crippen LogP contribution in [0.4, 0.5) is 79.8 Å². The van der Waals surface area contributed by atoms with Crippen molar-refractivity contribution < 1.29 is 84.2 Å². The van der Waals surface area contributed by atoms with Crippen LogP contribution in [0.2, 0.25) is 0 Å². The van der Waals surface area contributed by atoms with Crippen LogP contribution in [0.5, 0.6) is 5.75 Å². The van der Waals surface area contributed by atoms with Gasteiger partial charge in [0.25, 0.3) is 0 Å². The normalized spacial score (nSPS) is 14.9. The molecule has 0 spiro atoms. The van der Waals surface area contributed by atoms with Crippen LogP contribution < -0.4 is 10.1 Å². The predicted octanol–water partition coefficient (Wildman–Crippen LogP) is 7.64. The zero-order chi connectivity index (χ0) is 31.5. The molecule has 1 heterocycles. The summed E-state index contributed by atoms with van der Waals surface area (Å²) in [5, 5.41) is -0.329. The molecule has 22 heteroatoms. The van der Waals surface area contributed by atoms with Crippen LogP contribution in [0.25, 0.3) is 10.2 Å². The Balaban J connectivity index is 2.49. The van der Waals surface area contributed by atoms with Gasteiger partial charge in [0.05, 0.1) is 16.8 Å². The molecule has 1 amide bonds. The Morgan fingerprint density at radius 3 is 1.65 bits per heavy atom. The molecule has 0 bridgehead atoms. The maximum atomic E-state index is 14.1. The lowest BCUT2D eigenvalue weighted by Crippen LogP contribution is -2.75. The van der Waals surface area contributed by atoms with Crippen molar-refractivity contribution in [3.8, 4) is 5.75 Å². The smallest absolute Gasteiger partial charge is 0.460 e. The van der Waals surface area contributed by atoms with E-state index in [0.29, 0.717) is 0 Å². The summed E-state index contributed by atoms with van der Waals surface area (Å²) in [7, 11) is 0. The molecular weight excluding hydrogens is 631 g/mol. The van der Waals surface area contributed by atoms with Crippen LogP contribution >= 0.6 is 11.3 Å². The lowest BCUT2D eigenvalue weighted by molar-refractivity contribution is -0.459. The molecule has 1 aromatic carbocycles. The number of aromatic nitrogens is 1. The molecule has 0 saturated carbocycles. The Morgan fingerprint density at radius 2 is 1.20 bits per heavy atom. The minimum absolute atomic E-state index is 0.0411. The van der Waals surface area contributed by atoms with E-state index < -0.39 is 58.7 Å². The van der Waals surface area contributed by atoms with E-state index in [4.69, 9.17) is 4.74 Å². The summed E-state index contributed by atoms with van der Waals surface area (Å²) >= 11 is 0.172. The number of ether oxygens (including phenoxy) is 1. The number of nitrogens with one attached hydrogen (secondary N) is 1. The van der Waals surface area contributed by atoms with Crippen molar-refractivity contribution in [3.63, 3.8) is 0 Å². The van der Waals surface area contributed by atoms with Crippen molar-refractivity contribution in [2.75, 3.05) is 11.9 Å². The predicted molar refractivity (Wildman–Crippen MR) is 100 cm³/mol. The molecule has 0 atom stereocenters. The zero-order valence-electron chi connectivity index (χ0n) is 18.5. The molecule has 1 aromatic heterocycles. The summed E-state index contributed by atoms with van der Waals surface area (Å²) in [5.74, 6) is -61.9. The number of anilines is 1. The average Bonchev–Trinajstić information content (AvgIpc) is 3.19. The van der Waals surface area contributed by atoms with Crippen LogP contribution in [-0.4, -0.2) is 65.1 Å². The minimum Gasteiger partial charge on any atom is -0.494 e. The van der Waals surface area contributed by atoms with Crippen LogP contribution in [0, 0.1) is 0 Å². The number of thiazole rings is 1. The lowest BCUT2D eigenvalue weighted by atomic mass is 9.89. The highest BCUT2D eigenvalue weighted by atomic mass is 32.1. The number of carbonyl (C=O) groups excluding carboxylic acids is 1. The molecule has 228 valence electrons. The van der Waals surface area contributed by atoms with Gasteiger partial charge in [0.2, 0.25) is 0 Å². The van der Waals surface area contributed by atoms with Crippen LogP contribution in [-0.2, 0) is 4.79 Å². The van der Waals surface area contributed by atoms with E-state index in [1.807, 2.05) is 0 Å². The molecule has 0 aliphatic heterocycles. The number of benzene rings is 1. The molecule has 0 aliphatic carbocycles. The summed E-state index contributed by atoms with van der Waals surface area (Å²) in [5.41, 5.74) is -0.178. The monoisotopic (exact) mass is 640 g/mol. The topological polar surface area (TPSA) is 51.2 Å². The molecule has 0 fully saturated rings. The number of hydrogen-bond donors (Lipinski definition) is 1. The van der Waals surface area contributed by atoms with E-state index in [1.165, 1.54) is 13.0 Å². The molecule has 4 nitrogen and oxygen atoms in total.